The Morgan fingerprint density at radius 1 is 1.58 bits per heavy atom. The quantitative estimate of drug-likeness (QED) is 0.647. The number of rotatable bonds is 6. The second-order valence-corrected chi connectivity index (χ2v) is 4.81. The summed E-state index contributed by atoms with van der Waals surface area (Å²) in [7, 11) is 0. The van der Waals surface area contributed by atoms with Gasteiger partial charge in [0.15, 0.2) is 5.13 Å². The molecule has 0 aromatic carbocycles. The van der Waals surface area contributed by atoms with Crippen molar-refractivity contribution in [2.75, 3.05) is 18.5 Å². The Bertz CT molecular complexity index is 461. The van der Waals surface area contributed by atoms with Gasteiger partial charge in [-0.3, -0.25) is 10.1 Å². The minimum absolute atomic E-state index is 0.179. The summed E-state index contributed by atoms with van der Waals surface area (Å²) in [5.74, 6) is -1.11. The molecule has 106 valence electrons. The second kappa shape index (κ2) is 7.17. The number of nitrogens with zero attached hydrogens (tertiary/aromatic N) is 1. The van der Waals surface area contributed by atoms with Gasteiger partial charge in [0.1, 0.15) is 11.0 Å². The molecule has 19 heavy (non-hydrogen) atoms. The number of amides is 1. The van der Waals surface area contributed by atoms with Gasteiger partial charge in [-0.05, 0) is 13.3 Å². The average molecular weight is 287 g/mol. The van der Waals surface area contributed by atoms with Crippen molar-refractivity contribution in [2.24, 2.45) is 5.73 Å². The molecule has 0 aliphatic heterocycles. The van der Waals surface area contributed by atoms with Crippen molar-refractivity contribution >= 4 is 28.3 Å². The van der Waals surface area contributed by atoms with Crippen LogP contribution in [0.2, 0.25) is 0 Å². The number of anilines is 1. The molecule has 7 nitrogen and oxygen atoms in total. The molecule has 1 atom stereocenters. The summed E-state index contributed by atoms with van der Waals surface area (Å²) in [6, 6.07) is 0. The van der Waals surface area contributed by atoms with Crippen LogP contribution < -0.4 is 11.1 Å². The Morgan fingerprint density at radius 2 is 2.26 bits per heavy atom. The average Bonchev–Trinajstić information content (AvgIpc) is 2.75. The number of thiazole rings is 1. The van der Waals surface area contributed by atoms with Crippen LogP contribution in [-0.2, 0) is 9.53 Å². The molecule has 0 radical (unpaired) electrons. The molecule has 0 aliphatic carbocycles. The Hall–Kier alpha value is -1.51. The number of ether oxygens (including phenoxy) is 1. The van der Waals surface area contributed by atoms with E-state index in [2.05, 4.69) is 10.3 Å². The minimum atomic E-state index is -1.29. The van der Waals surface area contributed by atoms with Crippen LogP contribution >= 0.6 is 11.3 Å². The zero-order valence-electron chi connectivity index (χ0n) is 10.8. The van der Waals surface area contributed by atoms with Crippen molar-refractivity contribution < 1.29 is 19.4 Å². The number of nitrogens with one attached hydrogen (secondary N) is 1. The van der Waals surface area contributed by atoms with Gasteiger partial charge >= 0.3 is 5.97 Å². The fraction of sp³-hybridized carbons (Fsp3) is 0.545. The van der Waals surface area contributed by atoms with Crippen molar-refractivity contribution in [2.45, 2.75) is 26.4 Å². The van der Waals surface area contributed by atoms with Gasteiger partial charge in [-0.2, -0.15) is 0 Å². The maximum absolute atomic E-state index is 11.7. The van der Waals surface area contributed by atoms with Crippen molar-refractivity contribution in [1.82, 2.24) is 4.98 Å². The summed E-state index contributed by atoms with van der Waals surface area (Å²) in [6.07, 6.45) is -0.560. The summed E-state index contributed by atoms with van der Waals surface area (Å²) in [5.41, 5.74) is 5.64. The molecule has 0 saturated carbocycles. The highest BCUT2D eigenvalue weighted by Crippen LogP contribution is 2.23. The van der Waals surface area contributed by atoms with E-state index in [-0.39, 0.29) is 11.7 Å². The van der Waals surface area contributed by atoms with E-state index >= 15 is 0 Å². The number of esters is 1. The van der Waals surface area contributed by atoms with E-state index in [0.29, 0.717) is 17.2 Å². The number of aryl methyl sites for hydroxylation is 1. The molecular weight excluding hydrogens is 270 g/mol. The van der Waals surface area contributed by atoms with Crippen molar-refractivity contribution in [3.05, 3.63) is 10.6 Å². The molecule has 1 aromatic heterocycles. The summed E-state index contributed by atoms with van der Waals surface area (Å²) >= 11 is 1.00. The van der Waals surface area contributed by atoms with Gasteiger partial charge in [0.25, 0.3) is 5.91 Å². The smallest absolute Gasteiger partial charge is 0.350 e. The van der Waals surface area contributed by atoms with Gasteiger partial charge in [-0.1, -0.05) is 18.3 Å². The number of aromatic nitrogens is 1. The zero-order valence-corrected chi connectivity index (χ0v) is 11.6. The molecule has 0 aliphatic rings. The van der Waals surface area contributed by atoms with Gasteiger partial charge in [0.2, 0.25) is 0 Å². The first-order valence-electron chi connectivity index (χ1n) is 5.83. The minimum Gasteiger partial charge on any atom is -0.461 e. The summed E-state index contributed by atoms with van der Waals surface area (Å²) < 4.78 is 4.99. The van der Waals surface area contributed by atoms with Crippen LogP contribution in [0.5, 0.6) is 0 Å². The lowest BCUT2D eigenvalue weighted by Crippen LogP contribution is -2.34. The molecule has 1 aromatic rings. The molecule has 4 N–H and O–H groups in total. The lowest BCUT2D eigenvalue weighted by Gasteiger charge is -2.05. The highest BCUT2D eigenvalue weighted by molar-refractivity contribution is 7.17. The first kappa shape index (κ1) is 15.5. The van der Waals surface area contributed by atoms with Crippen LogP contribution in [0.15, 0.2) is 0 Å². The molecule has 0 spiro atoms. The van der Waals surface area contributed by atoms with Crippen LogP contribution in [0.4, 0.5) is 5.13 Å². The lowest BCUT2D eigenvalue weighted by atomic mass is 10.3. The van der Waals surface area contributed by atoms with E-state index in [0.717, 1.165) is 17.8 Å². The SMILES string of the molecule is CCCOC(=O)c1sc(NC(=O)C(O)CN)nc1C. The first-order valence-corrected chi connectivity index (χ1v) is 6.64. The van der Waals surface area contributed by atoms with Crippen LogP contribution in [0.25, 0.3) is 0 Å². The maximum Gasteiger partial charge on any atom is 0.350 e. The highest BCUT2D eigenvalue weighted by Gasteiger charge is 2.19. The standard InChI is InChI=1S/C11H17N3O4S/c1-3-4-18-10(17)8-6(2)13-11(19-8)14-9(16)7(15)5-12/h7,15H,3-5,12H2,1-2H3,(H,13,14,16). The molecule has 0 fully saturated rings. The Morgan fingerprint density at radius 3 is 2.84 bits per heavy atom. The molecular formula is C11H17N3O4S. The second-order valence-electron chi connectivity index (χ2n) is 3.81. The van der Waals surface area contributed by atoms with E-state index in [1.807, 2.05) is 6.92 Å². The fourth-order valence-electron chi connectivity index (χ4n) is 1.20. The van der Waals surface area contributed by atoms with Crippen molar-refractivity contribution in [3.63, 3.8) is 0 Å². The molecule has 1 heterocycles. The van der Waals surface area contributed by atoms with Crippen molar-refractivity contribution in [1.29, 1.82) is 0 Å². The number of carbonyl (C=O) groups is 2. The van der Waals surface area contributed by atoms with Gasteiger partial charge in [-0.15, -0.1) is 0 Å². The number of nitrogens with two attached hydrogens (primary N) is 1. The molecule has 0 saturated heterocycles. The van der Waals surface area contributed by atoms with Crippen LogP contribution in [0, 0.1) is 6.92 Å². The fourth-order valence-corrected chi connectivity index (χ4v) is 2.06. The maximum atomic E-state index is 11.7. The molecule has 1 amide bonds. The van der Waals surface area contributed by atoms with Gasteiger partial charge in [-0.25, -0.2) is 9.78 Å². The van der Waals surface area contributed by atoms with E-state index in [4.69, 9.17) is 10.5 Å². The van der Waals surface area contributed by atoms with Gasteiger partial charge in [0, 0.05) is 6.54 Å². The van der Waals surface area contributed by atoms with Gasteiger partial charge in [0.05, 0.1) is 12.3 Å². The zero-order chi connectivity index (χ0) is 14.4. The van der Waals surface area contributed by atoms with E-state index in [9.17, 15) is 14.7 Å². The third-order valence-electron chi connectivity index (χ3n) is 2.18. The summed E-state index contributed by atoms with van der Waals surface area (Å²) in [5, 5.41) is 11.9. The Labute approximate surface area is 114 Å². The topological polar surface area (TPSA) is 115 Å². The van der Waals surface area contributed by atoms with Crippen LogP contribution in [0.1, 0.15) is 28.7 Å². The van der Waals surface area contributed by atoms with E-state index in [1.54, 1.807) is 6.92 Å². The summed E-state index contributed by atoms with van der Waals surface area (Å²) in [6.45, 7) is 3.70. The van der Waals surface area contributed by atoms with Crippen LogP contribution in [-0.4, -0.2) is 41.2 Å². The molecule has 1 rings (SSSR count). The highest BCUT2D eigenvalue weighted by atomic mass is 32.1. The number of aliphatic hydroxyl groups excluding tert-OH is 1. The number of hydrogen-bond acceptors (Lipinski definition) is 7. The largest absolute Gasteiger partial charge is 0.461 e. The van der Waals surface area contributed by atoms with E-state index < -0.39 is 18.0 Å². The third kappa shape index (κ3) is 4.27. The van der Waals surface area contributed by atoms with Crippen LogP contribution in [0.3, 0.4) is 0 Å². The molecule has 0 bridgehead atoms. The van der Waals surface area contributed by atoms with E-state index in [1.165, 1.54) is 0 Å². The number of carbonyl (C=O) groups excluding carboxylic acids is 2. The summed E-state index contributed by atoms with van der Waals surface area (Å²) in [4.78, 5) is 27.5. The predicted molar refractivity (Wildman–Crippen MR) is 71.1 cm³/mol. The monoisotopic (exact) mass is 287 g/mol. The third-order valence-corrected chi connectivity index (χ3v) is 3.23. The normalized spacial score (nSPS) is 12.0. The Kier molecular flexibility index (Phi) is 5.87. The predicted octanol–water partition coefficient (Wildman–Crippen LogP) is 0.276. The number of hydrogen-bond donors (Lipinski definition) is 3. The molecule has 8 heteroatoms. The molecule has 1 unspecified atom stereocenters. The number of aliphatic hydroxyl groups is 1. The first-order chi connectivity index (χ1) is 8.99. The Balaban J connectivity index is 2.73. The van der Waals surface area contributed by atoms with Gasteiger partial charge < -0.3 is 15.6 Å². The lowest BCUT2D eigenvalue weighted by molar-refractivity contribution is -0.123. The van der Waals surface area contributed by atoms with Crippen molar-refractivity contribution in [3.8, 4) is 0 Å².